The van der Waals surface area contributed by atoms with Crippen LogP contribution >= 0.6 is 0 Å². The Kier molecular flexibility index (Phi) is 3.48. The molecular formula is C12H17NO2. The van der Waals surface area contributed by atoms with Gasteiger partial charge in [0.15, 0.2) is 0 Å². The van der Waals surface area contributed by atoms with E-state index >= 15 is 0 Å². The van der Waals surface area contributed by atoms with E-state index in [1.807, 2.05) is 24.3 Å². The monoisotopic (exact) mass is 207 g/mol. The van der Waals surface area contributed by atoms with Crippen LogP contribution in [-0.4, -0.2) is 17.6 Å². The van der Waals surface area contributed by atoms with Crippen LogP contribution in [0.1, 0.15) is 26.3 Å². The van der Waals surface area contributed by atoms with Crippen molar-refractivity contribution in [3.8, 4) is 0 Å². The Morgan fingerprint density at radius 3 is 2.47 bits per heavy atom. The fourth-order valence-electron chi connectivity index (χ4n) is 1.44. The molecule has 0 radical (unpaired) electrons. The van der Waals surface area contributed by atoms with Gasteiger partial charge < -0.3 is 10.4 Å². The Hall–Kier alpha value is -1.35. The van der Waals surface area contributed by atoms with Crippen LogP contribution in [0.15, 0.2) is 24.3 Å². The molecule has 0 aliphatic carbocycles. The summed E-state index contributed by atoms with van der Waals surface area (Å²) in [5.41, 5.74) is 1.80. The summed E-state index contributed by atoms with van der Waals surface area (Å²) in [6.45, 7) is 5.75. The molecule has 1 aromatic rings. The number of amides is 1. The number of carbonyl (C=O) groups is 1. The molecule has 3 nitrogen and oxygen atoms in total. The van der Waals surface area contributed by atoms with Gasteiger partial charge in [-0.1, -0.05) is 39.0 Å². The first kappa shape index (κ1) is 11.7. The van der Waals surface area contributed by atoms with Crippen LogP contribution in [0.3, 0.4) is 0 Å². The minimum atomic E-state index is -0.488. The minimum absolute atomic E-state index is 0.0284. The molecule has 0 bridgehead atoms. The molecule has 0 saturated heterocycles. The molecule has 0 unspecified atom stereocenters. The number of aliphatic hydroxyl groups is 1. The van der Waals surface area contributed by atoms with E-state index < -0.39 is 6.61 Å². The van der Waals surface area contributed by atoms with Gasteiger partial charge in [0, 0.05) is 5.69 Å². The van der Waals surface area contributed by atoms with Gasteiger partial charge in [0.2, 0.25) is 5.91 Å². The molecule has 3 heteroatoms. The van der Waals surface area contributed by atoms with Gasteiger partial charge in [-0.3, -0.25) is 4.79 Å². The maximum Gasteiger partial charge on any atom is 0.250 e. The second-order valence-corrected chi connectivity index (χ2v) is 4.50. The van der Waals surface area contributed by atoms with Crippen molar-refractivity contribution in [2.75, 3.05) is 11.9 Å². The lowest BCUT2D eigenvalue weighted by Gasteiger charge is -2.22. The molecule has 0 heterocycles. The number of nitrogens with one attached hydrogen (secondary N) is 1. The summed E-state index contributed by atoms with van der Waals surface area (Å²) in [4.78, 5) is 11.1. The Morgan fingerprint density at radius 2 is 1.93 bits per heavy atom. The molecule has 0 aliphatic rings. The SMILES string of the molecule is CC(C)(C)c1ccccc1NC(=O)CO. The molecule has 0 saturated carbocycles. The molecule has 0 spiro atoms. The molecule has 0 aromatic heterocycles. The molecule has 2 N–H and O–H groups in total. The van der Waals surface area contributed by atoms with E-state index in [-0.39, 0.29) is 11.3 Å². The highest BCUT2D eigenvalue weighted by Gasteiger charge is 2.17. The molecule has 1 amide bonds. The van der Waals surface area contributed by atoms with Crippen molar-refractivity contribution in [1.82, 2.24) is 0 Å². The predicted octanol–water partition coefficient (Wildman–Crippen LogP) is 1.91. The molecule has 0 atom stereocenters. The zero-order valence-electron chi connectivity index (χ0n) is 9.37. The Balaban J connectivity index is 3.02. The topological polar surface area (TPSA) is 49.3 Å². The number of rotatable bonds is 2. The summed E-state index contributed by atoms with van der Waals surface area (Å²) < 4.78 is 0. The largest absolute Gasteiger partial charge is 0.387 e. The van der Waals surface area contributed by atoms with E-state index in [0.29, 0.717) is 0 Å². The third kappa shape index (κ3) is 3.06. The number of hydrogen-bond donors (Lipinski definition) is 2. The number of aliphatic hydroxyl groups excluding tert-OH is 1. The first-order valence-electron chi connectivity index (χ1n) is 4.95. The van der Waals surface area contributed by atoms with Crippen LogP contribution in [0.4, 0.5) is 5.69 Å². The highest BCUT2D eigenvalue weighted by Crippen LogP contribution is 2.28. The molecule has 15 heavy (non-hydrogen) atoms. The van der Waals surface area contributed by atoms with E-state index in [1.54, 1.807) is 0 Å². The van der Waals surface area contributed by atoms with Crippen LogP contribution < -0.4 is 5.32 Å². The summed E-state index contributed by atoms with van der Waals surface area (Å²) in [6, 6.07) is 7.62. The number of carbonyl (C=O) groups excluding carboxylic acids is 1. The predicted molar refractivity (Wildman–Crippen MR) is 60.9 cm³/mol. The van der Waals surface area contributed by atoms with Crippen molar-refractivity contribution < 1.29 is 9.90 Å². The lowest BCUT2D eigenvalue weighted by Crippen LogP contribution is -2.20. The second-order valence-electron chi connectivity index (χ2n) is 4.50. The van der Waals surface area contributed by atoms with Gasteiger partial charge in [0.1, 0.15) is 6.61 Å². The molecule has 0 fully saturated rings. The van der Waals surface area contributed by atoms with Gasteiger partial charge >= 0.3 is 0 Å². The van der Waals surface area contributed by atoms with Crippen LogP contribution in [0, 0.1) is 0 Å². The maximum atomic E-state index is 11.1. The van der Waals surface area contributed by atoms with Crippen LogP contribution in [0.2, 0.25) is 0 Å². The van der Waals surface area contributed by atoms with Gasteiger partial charge in [-0.25, -0.2) is 0 Å². The van der Waals surface area contributed by atoms with Crippen molar-refractivity contribution >= 4 is 11.6 Å². The molecule has 1 aromatic carbocycles. The fourth-order valence-corrected chi connectivity index (χ4v) is 1.44. The maximum absolute atomic E-state index is 11.1. The van der Waals surface area contributed by atoms with Crippen molar-refractivity contribution in [1.29, 1.82) is 0 Å². The van der Waals surface area contributed by atoms with Crippen molar-refractivity contribution in [2.45, 2.75) is 26.2 Å². The highest BCUT2D eigenvalue weighted by molar-refractivity contribution is 5.92. The zero-order chi connectivity index (χ0) is 11.5. The van der Waals surface area contributed by atoms with Crippen molar-refractivity contribution in [3.63, 3.8) is 0 Å². The van der Waals surface area contributed by atoms with Crippen LogP contribution in [0.5, 0.6) is 0 Å². The van der Waals surface area contributed by atoms with E-state index in [2.05, 4.69) is 26.1 Å². The smallest absolute Gasteiger partial charge is 0.250 e. The second kappa shape index (κ2) is 4.45. The molecule has 0 aliphatic heterocycles. The van der Waals surface area contributed by atoms with Gasteiger partial charge in [-0.05, 0) is 17.0 Å². The third-order valence-corrected chi connectivity index (χ3v) is 2.15. The fraction of sp³-hybridized carbons (Fsp3) is 0.417. The average Bonchev–Trinajstić information content (AvgIpc) is 2.17. The van der Waals surface area contributed by atoms with E-state index in [1.165, 1.54) is 0 Å². The van der Waals surface area contributed by atoms with Gasteiger partial charge in [0.05, 0.1) is 0 Å². The standard InChI is InChI=1S/C12H17NO2/c1-12(2,3)9-6-4-5-7-10(9)13-11(15)8-14/h4-7,14H,8H2,1-3H3,(H,13,15). The van der Waals surface area contributed by atoms with Crippen molar-refractivity contribution in [2.24, 2.45) is 0 Å². The normalized spacial score (nSPS) is 11.2. The summed E-state index contributed by atoms with van der Waals surface area (Å²) in [6.07, 6.45) is 0. The van der Waals surface area contributed by atoms with Gasteiger partial charge in [0.25, 0.3) is 0 Å². The Morgan fingerprint density at radius 1 is 1.33 bits per heavy atom. The average molecular weight is 207 g/mol. The first-order chi connectivity index (χ1) is 6.95. The van der Waals surface area contributed by atoms with E-state index in [4.69, 9.17) is 5.11 Å². The molecule has 1 rings (SSSR count). The summed E-state index contributed by atoms with van der Waals surface area (Å²) >= 11 is 0. The minimum Gasteiger partial charge on any atom is -0.387 e. The summed E-state index contributed by atoms with van der Waals surface area (Å²) in [7, 11) is 0. The summed E-state index contributed by atoms with van der Waals surface area (Å²) in [5, 5.41) is 11.4. The van der Waals surface area contributed by atoms with Crippen molar-refractivity contribution in [3.05, 3.63) is 29.8 Å². The quantitative estimate of drug-likeness (QED) is 0.778. The first-order valence-corrected chi connectivity index (χ1v) is 4.95. The lowest BCUT2D eigenvalue weighted by molar-refractivity contribution is -0.118. The highest BCUT2D eigenvalue weighted by atomic mass is 16.3. The number of anilines is 1. The lowest BCUT2D eigenvalue weighted by atomic mass is 9.86. The molecule has 82 valence electrons. The Bertz CT molecular complexity index is 353. The number of hydrogen-bond acceptors (Lipinski definition) is 2. The summed E-state index contributed by atoms with van der Waals surface area (Å²) in [5.74, 6) is -0.383. The third-order valence-electron chi connectivity index (χ3n) is 2.15. The van der Waals surface area contributed by atoms with Gasteiger partial charge in [-0.2, -0.15) is 0 Å². The zero-order valence-corrected chi connectivity index (χ0v) is 9.37. The van der Waals surface area contributed by atoms with Gasteiger partial charge in [-0.15, -0.1) is 0 Å². The van der Waals surface area contributed by atoms with E-state index in [9.17, 15) is 4.79 Å². The Labute approximate surface area is 90.1 Å². The van der Waals surface area contributed by atoms with Crippen LogP contribution in [-0.2, 0) is 10.2 Å². The van der Waals surface area contributed by atoms with E-state index in [0.717, 1.165) is 11.3 Å². The number of para-hydroxylation sites is 1. The number of benzene rings is 1. The van der Waals surface area contributed by atoms with Crippen LogP contribution in [0.25, 0.3) is 0 Å². The molecular weight excluding hydrogens is 190 g/mol.